The van der Waals surface area contributed by atoms with E-state index in [1.54, 1.807) is 9.80 Å². The Morgan fingerprint density at radius 3 is 2.39 bits per heavy atom. The molecule has 3 amide bonds. The fraction of sp³-hybridized carbons (Fsp3) is 0.364. The largest absolute Gasteiger partial charge is 0.494 e. The summed E-state index contributed by atoms with van der Waals surface area (Å²) in [6, 6.07) is 17.0. The van der Waals surface area contributed by atoms with Crippen LogP contribution in [0.2, 0.25) is 0 Å². The normalized spacial score (nSPS) is 15.3. The third-order valence-corrected chi connectivity index (χ3v) is 4.88. The second kappa shape index (κ2) is 9.26. The van der Waals surface area contributed by atoms with Crippen molar-refractivity contribution in [3.63, 3.8) is 0 Å². The minimum atomic E-state index is -0.207. The first-order chi connectivity index (χ1) is 13.6. The smallest absolute Gasteiger partial charge is 0.318 e. The Hall–Kier alpha value is -3.02. The van der Waals surface area contributed by atoms with E-state index < -0.39 is 0 Å². The Morgan fingerprint density at radius 1 is 1.07 bits per heavy atom. The number of ether oxygens (including phenoxy) is 1. The Morgan fingerprint density at radius 2 is 1.79 bits per heavy atom. The summed E-state index contributed by atoms with van der Waals surface area (Å²) < 4.78 is 5.47. The number of nitrogens with zero attached hydrogens (tertiary/aromatic N) is 2. The number of anilines is 1. The van der Waals surface area contributed by atoms with Crippen molar-refractivity contribution in [1.29, 1.82) is 0 Å². The predicted octanol–water partition coefficient (Wildman–Crippen LogP) is 3.59. The minimum Gasteiger partial charge on any atom is -0.494 e. The average molecular weight is 381 g/mol. The number of piperazine rings is 1. The zero-order chi connectivity index (χ0) is 19.9. The van der Waals surface area contributed by atoms with Crippen LogP contribution in [-0.4, -0.2) is 43.1 Å². The summed E-state index contributed by atoms with van der Waals surface area (Å²) in [6.45, 7) is 5.68. The fourth-order valence-corrected chi connectivity index (χ4v) is 3.35. The topological polar surface area (TPSA) is 61.9 Å². The van der Waals surface area contributed by atoms with Crippen molar-refractivity contribution in [2.24, 2.45) is 0 Å². The van der Waals surface area contributed by atoms with Gasteiger partial charge in [0.1, 0.15) is 12.3 Å². The van der Waals surface area contributed by atoms with Crippen molar-refractivity contribution in [3.05, 3.63) is 60.2 Å². The van der Waals surface area contributed by atoms with Crippen molar-refractivity contribution >= 4 is 17.6 Å². The van der Waals surface area contributed by atoms with E-state index in [0.717, 1.165) is 23.4 Å². The summed E-state index contributed by atoms with van der Waals surface area (Å²) in [4.78, 5) is 28.6. The molecule has 0 bridgehead atoms. The molecule has 1 heterocycles. The van der Waals surface area contributed by atoms with Gasteiger partial charge in [0, 0.05) is 18.8 Å². The van der Waals surface area contributed by atoms with Crippen LogP contribution >= 0.6 is 0 Å². The summed E-state index contributed by atoms with van der Waals surface area (Å²) in [6.07, 6.45) is 0.762. The molecule has 3 rings (SSSR count). The van der Waals surface area contributed by atoms with E-state index in [0.29, 0.717) is 19.7 Å². The SMILES string of the molecule is CCOc1ccc([C@H](CC)NC(=O)N2CCN(c3ccccc3)C(=O)C2)cc1. The van der Waals surface area contributed by atoms with Gasteiger partial charge < -0.3 is 19.9 Å². The molecule has 6 nitrogen and oxygen atoms in total. The summed E-state index contributed by atoms with van der Waals surface area (Å²) in [5, 5.41) is 3.05. The van der Waals surface area contributed by atoms with Crippen LogP contribution in [-0.2, 0) is 4.79 Å². The van der Waals surface area contributed by atoms with Crippen molar-refractivity contribution in [2.75, 3.05) is 31.1 Å². The lowest BCUT2D eigenvalue weighted by atomic mass is 10.0. The molecule has 1 N–H and O–H groups in total. The molecule has 28 heavy (non-hydrogen) atoms. The summed E-state index contributed by atoms with van der Waals surface area (Å²) >= 11 is 0. The van der Waals surface area contributed by atoms with Crippen LogP contribution in [0.15, 0.2) is 54.6 Å². The lowest BCUT2D eigenvalue weighted by Gasteiger charge is -2.35. The molecule has 1 saturated heterocycles. The van der Waals surface area contributed by atoms with E-state index in [2.05, 4.69) is 5.32 Å². The molecule has 6 heteroatoms. The van der Waals surface area contributed by atoms with Gasteiger partial charge in [-0.3, -0.25) is 4.79 Å². The molecular weight excluding hydrogens is 354 g/mol. The standard InChI is InChI=1S/C22H27N3O3/c1-3-20(17-10-12-19(13-11-17)28-4-2)23-22(27)24-14-15-25(21(26)16-24)18-8-6-5-7-9-18/h5-13,20H,3-4,14-16H2,1-2H3,(H,23,27)/t20-/m0/s1. The van der Waals surface area contributed by atoms with Crippen LogP contribution in [0.3, 0.4) is 0 Å². The lowest BCUT2D eigenvalue weighted by molar-refractivity contribution is -0.120. The first kappa shape index (κ1) is 19.7. The number of para-hydroxylation sites is 1. The molecule has 1 aliphatic heterocycles. The monoisotopic (exact) mass is 381 g/mol. The molecule has 2 aromatic carbocycles. The van der Waals surface area contributed by atoms with Gasteiger partial charge in [-0.1, -0.05) is 37.3 Å². The van der Waals surface area contributed by atoms with Gasteiger partial charge >= 0.3 is 6.03 Å². The number of rotatable bonds is 6. The van der Waals surface area contributed by atoms with E-state index in [1.807, 2.05) is 68.4 Å². The van der Waals surface area contributed by atoms with Gasteiger partial charge in [0.2, 0.25) is 5.91 Å². The van der Waals surface area contributed by atoms with Crippen molar-refractivity contribution in [2.45, 2.75) is 26.3 Å². The van der Waals surface area contributed by atoms with E-state index in [4.69, 9.17) is 4.74 Å². The highest BCUT2D eigenvalue weighted by atomic mass is 16.5. The minimum absolute atomic E-state index is 0.0679. The van der Waals surface area contributed by atoms with Gasteiger partial charge in [0.25, 0.3) is 0 Å². The molecule has 1 fully saturated rings. The van der Waals surface area contributed by atoms with E-state index >= 15 is 0 Å². The van der Waals surface area contributed by atoms with Gasteiger partial charge in [0.05, 0.1) is 12.6 Å². The Kier molecular flexibility index (Phi) is 6.53. The maximum atomic E-state index is 12.7. The van der Waals surface area contributed by atoms with Crippen molar-refractivity contribution in [1.82, 2.24) is 10.2 Å². The van der Waals surface area contributed by atoms with Gasteiger partial charge in [-0.15, -0.1) is 0 Å². The van der Waals surface area contributed by atoms with Crippen LogP contribution in [0.4, 0.5) is 10.5 Å². The third-order valence-electron chi connectivity index (χ3n) is 4.88. The molecular formula is C22H27N3O3. The summed E-state index contributed by atoms with van der Waals surface area (Å²) in [7, 11) is 0. The summed E-state index contributed by atoms with van der Waals surface area (Å²) in [5.41, 5.74) is 1.89. The lowest BCUT2D eigenvalue weighted by Crippen LogP contribution is -2.55. The molecule has 0 aromatic heterocycles. The predicted molar refractivity (Wildman–Crippen MR) is 110 cm³/mol. The number of hydrogen-bond donors (Lipinski definition) is 1. The number of benzene rings is 2. The zero-order valence-corrected chi connectivity index (χ0v) is 16.4. The van der Waals surface area contributed by atoms with Crippen LogP contribution in [0.1, 0.15) is 31.9 Å². The van der Waals surface area contributed by atoms with Crippen molar-refractivity contribution in [3.8, 4) is 5.75 Å². The molecule has 0 aliphatic carbocycles. The molecule has 0 saturated carbocycles. The van der Waals surface area contributed by atoms with Gasteiger partial charge in [-0.05, 0) is 43.2 Å². The Labute approximate surface area is 166 Å². The maximum Gasteiger partial charge on any atom is 0.318 e. The van der Waals surface area contributed by atoms with Gasteiger partial charge in [-0.25, -0.2) is 4.79 Å². The highest BCUT2D eigenvalue weighted by molar-refractivity contribution is 5.97. The second-order valence-corrected chi connectivity index (χ2v) is 6.71. The summed E-state index contributed by atoms with van der Waals surface area (Å²) in [5.74, 6) is 0.747. The van der Waals surface area contributed by atoms with Crippen LogP contribution in [0.5, 0.6) is 5.75 Å². The first-order valence-corrected chi connectivity index (χ1v) is 9.76. The quantitative estimate of drug-likeness (QED) is 0.832. The van der Waals surface area contributed by atoms with Gasteiger partial charge in [0.15, 0.2) is 0 Å². The molecule has 2 aromatic rings. The number of amides is 3. The van der Waals surface area contributed by atoms with Crippen LogP contribution in [0, 0.1) is 0 Å². The third kappa shape index (κ3) is 4.63. The number of hydrogen-bond acceptors (Lipinski definition) is 3. The maximum absolute atomic E-state index is 12.7. The van der Waals surface area contributed by atoms with E-state index in [9.17, 15) is 9.59 Å². The molecule has 0 radical (unpaired) electrons. The zero-order valence-electron chi connectivity index (χ0n) is 16.4. The molecule has 1 aliphatic rings. The number of carbonyl (C=O) groups is 2. The first-order valence-electron chi connectivity index (χ1n) is 9.76. The number of carbonyl (C=O) groups excluding carboxylic acids is 2. The molecule has 148 valence electrons. The highest BCUT2D eigenvalue weighted by Crippen LogP contribution is 2.21. The van der Waals surface area contributed by atoms with Crippen LogP contribution < -0.4 is 15.0 Å². The van der Waals surface area contributed by atoms with E-state index in [1.165, 1.54) is 0 Å². The molecule has 1 atom stereocenters. The molecule has 0 unspecified atom stereocenters. The number of urea groups is 1. The highest BCUT2D eigenvalue weighted by Gasteiger charge is 2.28. The average Bonchev–Trinajstić information content (AvgIpc) is 2.73. The fourth-order valence-electron chi connectivity index (χ4n) is 3.35. The van der Waals surface area contributed by atoms with E-state index in [-0.39, 0.29) is 24.5 Å². The second-order valence-electron chi connectivity index (χ2n) is 6.71. The van der Waals surface area contributed by atoms with Gasteiger partial charge in [-0.2, -0.15) is 0 Å². The molecule has 0 spiro atoms. The van der Waals surface area contributed by atoms with Crippen LogP contribution in [0.25, 0.3) is 0 Å². The van der Waals surface area contributed by atoms with Crippen molar-refractivity contribution < 1.29 is 14.3 Å². The Bertz CT molecular complexity index is 792. The number of nitrogens with one attached hydrogen (secondary N) is 1. The Balaban J connectivity index is 1.60.